The first-order valence-electron chi connectivity index (χ1n) is 5.66. The molecule has 0 spiro atoms. The van der Waals surface area contributed by atoms with Crippen LogP contribution >= 0.6 is 15.9 Å². The van der Waals surface area contributed by atoms with E-state index >= 15 is 0 Å². The smallest absolute Gasteiger partial charge is 0.339 e. The largest absolute Gasteiger partial charge is 0.457 e. The molecule has 0 heterocycles. The number of rotatable bonds is 4. The highest BCUT2D eigenvalue weighted by molar-refractivity contribution is 9.10. The second-order valence-electron chi connectivity index (χ2n) is 3.91. The van der Waals surface area contributed by atoms with Crippen molar-refractivity contribution in [2.45, 2.75) is 6.61 Å². The summed E-state index contributed by atoms with van der Waals surface area (Å²) < 4.78 is 5.93. The average Bonchev–Trinajstić information content (AvgIpc) is 2.45. The molecule has 2 rings (SSSR count). The molecule has 3 nitrogen and oxygen atoms in total. The van der Waals surface area contributed by atoms with Gasteiger partial charge in [0.05, 0.1) is 5.56 Å². The van der Waals surface area contributed by atoms with E-state index in [2.05, 4.69) is 15.9 Å². The van der Waals surface area contributed by atoms with Gasteiger partial charge in [0.1, 0.15) is 6.61 Å². The second-order valence-corrected chi connectivity index (χ2v) is 4.83. The molecular formula is C15H11BrO3. The van der Waals surface area contributed by atoms with Gasteiger partial charge in [0.15, 0.2) is 6.29 Å². The first-order valence-corrected chi connectivity index (χ1v) is 6.46. The van der Waals surface area contributed by atoms with Crippen molar-refractivity contribution < 1.29 is 14.3 Å². The third-order valence-corrected chi connectivity index (χ3v) is 3.07. The number of hydrogen-bond donors (Lipinski definition) is 0. The summed E-state index contributed by atoms with van der Waals surface area (Å²) in [4.78, 5) is 22.8. The quantitative estimate of drug-likeness (QED) is 0.638. The molecule has 2 aromatic carbocycles. The molecule has 2 aromatic rings. The molecule has 0 amide bonds. The lowest BCUT2D eigenvalue weighted by molar-refractivity contribution is 0.0470. The third kappa shape index (κ3) is 3.51. The van der Waals surface area contributed by atoms with Crippen molar-refractivity contribution in [2.24, 2.45) is 0 Å². The molecule has 0 aliphatic heterocycles. The third-order valence-electron chi connectivity index (χ3n) is 2.57. The zero-order chi connectivity index (χ0) is 13.7. The predicted octanol–water partition coefficient (Wildman–Crippen LogP) is 3.62. The van der Waals surface area contributed by atoms with Gasteiger partial charge in [0.2, 0.25) is 0 Å². The molecule has 0 bridgehead atoms. The Morgan fingerprint density at radius 3 is 2.58 bits per heavy atom. The molecule has 19 heavy (non-hydrogen) atoms. The molecule has 0 atom stereocenters. The average molecular weight is 319 g/mol. The standard InChI is InChI=1S/C15H11BrO3/c16-13-6-7-14(12(8-13)9-17)15(18)19-10-11-4-2-1-3-5-11/h1-9H,10H2. The first kappa shape index (κ1) is 13.5. The number of carbonyl (C=O) groups is 2. The highest BCUT2D eigenvalue weighted by atomic mass is 79.9. The zero-order valence-electron chi connectivity index (χ0n) is 10.0. The zero-order valence-corrected chi connectivity index (χ0v) is 11.6. The summed E-state index contributed by atoms with van der Waals surface area (Å²) in [6.07, 6.45) is 0.643. The van der Waals surface area contributed by atoms with E-state index in [-0.39, 0.29) is 12.2 Å². The lowest BCUT2D eigenvalue weighted by atomic mass is 10.1. The molecule has 96 valence electrons. The van der Waals surface area contributed by atoms with Crippen LogP contribution in [0.3, 0.4) is 0 Å². The maximum Gasteiger partial charge on any atom is 0.339 e. The van der Waals surface area contributed by atoms with Crippen LogP contribution in [0.2, 0.25) is 0 Å². The Bertz CT molecular complexity index is 594. The minimum Gasteiger partial charge on any atom is -0.457 e. The van der Waals surface area contributed by atoms with E-state index in [9.17, 15) is 9.59 Å². The van der Waals surface area contributed by atoms with Gasteiger partial charge in [-0.25, -0.2) is 4.79 Å². The fourth-order valence-electron chi connectivity index (χ4n) is 1.62. The number of aldehydes is 1. The Hall–Kier alpha value is -1.94. The van der Waals surface area contributed by atoms with Crippen molar-refractivity contribution >= 4 is 28.2 Å². The van der Waals surface area contributed by atoms with Crippen molar-refractivity contribution in [3.63, 3.8) is 0 Å². The summed E-state index contributed by atoms with van der Waals surface area (Å²) in [5, 5.41) is 0. The maximum atomic E-state index is 11.9. The van der Waals surface area contributed by atoms with Gasteiger partial charge in [0, 0.05) is 10.0 Å². The number of esters is 1. The summed E-state index contributed by atoms with van der Waals surface area (Å²) in [7, 11) is 0. The highest BCUT2D eigenvalue weighted by Crippen LogP contribution is 2.16. The van der Waals surface area contributed by atoms with Crippen molar-refractivity contribution in [3.8, 4) is 0 Å². The van der Waals surface area contributed by atoms with E-state index < -0.39 is 5.97 Å². The summed E-state index contributed by atoms with van der Waals surface area (Å²) in [5.74, 6) is -0.501. The van der Waals surface area contributed by atoms with E-state index in [1.54, 1.807) is 18.2 Å². The van der Waals surface area contributed by atoms with Crippen LogP contribution in [-0.2, 0) is 11.3 Å². The number of carbonyl (C=O) groups excluding carboxylic acids is 2. The molecule has 0 aromatic heterocycles. The van der Waals surface area contributed by atoms with Gasteiger partial charge in [-0.05, 0) is 23.8 Å². The number of hydrogen-bond acceptors (Lipinski definition) is 3. The summed E-state index contributed by atoms with van der Waals surface area (Å²) >= 11 is 3.25. The molecule has 0 radical (unpaired) electrons. The highest BCUT2D eigenvalue weighted by Gasteiger charge is 2.12. The van der Waals surface area contributed by atoms with Crippen molar-refractivity contribution in [3.05, 3.63) is 69.7 Å². The van der Waals surface area contributed by atoms with E-state index in [4.69, 9.17) is 4.74 Å². The number of benzene rings is 2. The van der Waals surface area contributed by atoms with Crippen molar-refractivity contribution in [1.29, 1.82) is 0 Å². The van der Waals surface area contributed by atoms with Crippen LogP contribution in [0.25, 0.3) is 0 Å². The molecule has 0 aliphatic rings. The Labute approximate surface area is 119 Å². The van der Waals surface area contributed by atoms with Crippen LogP contribution in [0.5, 0.6) is 0 Å². The van der Waals surface area contributed by atoms with Crippen LogP contribution < -0.4 is 0 Å². The summed E-state index contributed by atoms with van der Waals surface area (Å²) in [6.45, 7) is 0.189. The van der Waals surface area contributed by atoms with Crippen LogP contribution in [0.1, 0.15) is 26.3 Å². The van der Waals surface area contributed by atoms with Crippen molar-refractivity contribution in [1.82, 2.24) is 0 Å². The predicted molar refractivity (Wildman–Crippen MR) is 75.1 cm³/mol. The number of ether oxygens (including phenoxy) is 1. The topological polar surface area (TPSA) is 43.4 Å². The molecule has 4 heteroatoms. The lowest BCUT2D eigenvalue weighted by Gasteiger charge is -2.07. The molecule has 0 saturated carbocycles. The van der Waals surface area contributed by atoms with E-state index in [0.717, 1.165) is 10.0 Å². The van der Waals surface area contributed by atoms with Crippen LogP contribution in [0.15, 0.2) is 53.0 Å². The molecule has 0 N–H and O–H groups in total. The van der Waals surface area contributed by atoms with E-state index in [1.165, 1.54) is 0 Å². The van der Waals surface area contributed by atoms with Gasteiger partial charge in [-0.2, -0.15) is 0 Å². The van der Waals surface area contributed by atoms with Gasteiger partial charge in [-0.15, -0.1) is 0 Å². The fraction of sp³-hybridized carbons (Fsp3) is 0.0667. The minimum absolute atomic E-state index is 0.189. The Morgan fingerprint density at radius 2 is 1.89 bits per heavy atom. The van der Waals surface area contributed by atoms with Gasteiger partial charge in [0.25, 0.3) is 0 Å². The second kappa shape index (κ2) is 6.29. The van der Waals surface area contributed by atoms with Crippen LogP contribution in [0.4, 0.5) is 0 Å². The summed E-state index contributed by atoms with van der Waals surface area (Å²) in [5.41, 5.74) is 1.49. The Kier molecular flexibility index (Phi) is 4.47. The van der Waals surface area contributed by atoms with Crippen molar-refractivity contribution in [2.75, 3.05) is 0 Å². The molecule has 0 unspecified atom stereocenters. The molecule has 0 saturated heterocycles. The van der Waals surface area contributed by atoms with Gasteiger partial charge < -0.3 is 4.74 Å². The minimum atomic E-state index is -0.501. The normalized spacial score (nSPS) is 9.95. The SMILES string of the molecule is O=Cc1cc(Br)ccc1C(=O)OCc1ccccc1. The molecule has 0 fully saturated rings. The fourth-order valence-corrected chi connectivity index (χ4v) is 2.00. The maximum absolute atomic E-state index is 11.9. The monoisotopic (exact) mass is 318 g/mol. The first-order chi connectivity index (χ1) is 9.20. The number of halogens is 1. The summed E-state index contributed by atoms with van der Waals surface area (Å²) in [6, 6.07) is 14.2. The van der Waals surface area contributed by atoms with Gasteiger partial charge >= 0.3 is 5.97 Å². The van der Waals surface area contributed by atoms with Crippen LogP contribution in [-0.4, -0.2) is 12.3 Å². The molecular weight excluding hydrogens is 308 g/mol. The Morgan fingerprint density at radius 1 is 1.16 bits per heavy atom. The van der Waals surface area contributed by atoms with Gasteiger partial charge in [-0.3, -0.25) is 4.79 Å². The van der Waals surface area contributed by atoms with Gasteiger partial charge in [-0.1, -0.05) is 46.3 Å². The lowest BCUT2D eigenvalue weighted by Crippen LogP contribution is -2.08. The van der Waals surface area contributed by atoms with Crippen LogP contribution in [0, 0.1) is 0 Å². The Balaban J connectivity index is 2.10. The van der Waals surface area contributed by atoms with E-state index in [1.807, 2.05) is 30.3 Å². The van der Waals surface area contributed by atoms with E-state index in [0.29, 0.717) is 11.8 Å². The molecule has 0 aliphatic carbocycles.